The van der Waals surface area contributed by atoms with Crippen molar-refractivity contribution in [3.8, 4) is 0 Å². The van der Waals surface area contributed by atoms with Crippen molar-refractivity contribution < 1.29 is 0 Å². The van der Waals surface area contributed by atoms with Crippen LogP contribution in [0.5, 0.6) is 0 Å². The quantitative estimate of drug-likeness (QED) is 0.776. The smallest absolute Gasteiger partial charge is 0.132 e. The summed E-state index contributed by atoms with van der Waals surface area (Å²) in [4.78, 5) is 9.24. The largest absolute Gasteiger partial charge is 0.316 e. The molecule has 1 N–H and O–H groups in total. The minimum atomic E-state index is 0.544. The van der Waals surface area contributed by atoms with Crippen LogP contribution in [0, 0.1) is 0 Å². The summed E-state index contributed by atoms with van der Waals surface area (Å²) in [5, 5.41) is 3.37. The molecule has 3 rings (SSSR count). The molecule has 80 valence electrons. The molecule has 0 aliphatic carbocycles. The van der Waals surface area contributed by atoms with Gasteiger partial charge in [0.15, 0.2) is 0 Å². The molecule has 0 saturated carbocycles. The third-order valence-electron chi connectivity index (χ3n) is 3.15. The van der Waals surface area contributed by atoms with Gasteiger partial charge in [-0.3, -0.25) is 0 Å². The average molecular weight is 221 g/mol. The maximum atomic E-state index is 4.72. The lowest BCUT2D eigenvalue weighted by molar-refractivity contribution is 0.691. The van der Waals surface area contributed by atoms with Crippen molar-refractivity contribution in [3.05, 3.63) is 23.3 Å². The number of hydrogen-bond acceptors (Lipinski definition) is 4. The van der Waals surface area contributed by atoms with Crippen LogP contribution in [0.1, 0.15) is 29.4 Å². The Balaban J connectivity index is 1.89. The van der Waals surface area contributed by atoms with Gasteiger partial charge in [0.1, 0.15) is 5.82 Å². The summed E-state index contributed by atoms with van der Waals surface area (Å²) in [5.74, 6) is 3.90. The second-order valence-corrected chi connectivity index (χ2v) is 5.30. The maximum absolute atomic E-state index is 4.72. The second-order valence-electron chi connectivity index (χ2n) is 4.19. The predicted octanol–water partition coefficient (Wildman–Crippen LogP) is 1.34. The van der Waals surface area contributed by atoms with E-state index in [0.29, 0.717) is 5.92 Å². The van der Waals surface area contributed by atoms with E-state index in [0.717, 1.165) is 31.1 Å². The highest BCUT2D eigenvalue weighted by molar-refractivity contribution is 7.98. The van der Waals surface area contributed by atoms with Gasteiger partial charge in [0.25, 0.3) is 0 Å². The highest BCUT2D eigenvalue weighted by Gasteiger charge is 2.21. The van der Waals surface area contributed by atoms with Crippen LogP contribution < -0.4 is 5.32 Å². The van der Waals surface area contributed by atoms with E-state index in [1.165, 1.54) is 23.4 Å². The summed E-state index contributed by atoms with van der Waals surface area (Å²) in [7, 11) is 0. The third kappa shape index (κ3) is 1.88. The topological polar surface area (TPSA) is 37.8 Å². The molecule has 1 saturated heterocycles. The zero-order chi connectivity index (χ0) is 10.1. The van der Waals surface area contributed by atoms with Gasteiger partial charge in [-0.15, -0.1) is 0 Å². The van der Waals surface area contributed by atoms with Crippen LogP contribution in [0.2, 0.25) is 0 Å². The molecule has 1 aromatic heterocycles. The second kappa shape index (κ2) is 4.10. The fraction of sp³-hybridized carbons (Fsp3) is 0.636. The van der Waals surface area contributed by atoms with E-state index >= 15 is 0 Å². The van der Waals surface area contributed by atoms with E-state index in [4.69, 9.17) is 4.98 Å². The molecule has 0 radical (unpaired) electrons. The molecule has 2 aliphatic rings. The van der Waals surface area contributed by atoms with E-state index < -0.39 is 0 Å². The Morgan fingerprint density at radius 3 is 3.33 bits per heavy atom. The summed E-state index contributed by atoms with van der Waals surface area (Å²) < 4.78 is 0. The molecule has 1 fully saturated rings. The Hall–Kier alpha value is -0.610. The Labute approximate surface area is 94.1 Å². The number of nitrogens with zero attached hydrogens (tertiary/aromatic N) is 2. The molecule has 0 aromatic carbocycles. The lowest BCUT2D eigenvalue weighted by atomic mass is 10.1. The number of thioether (sulfide) groups is 1. The van der Waals surface area contributed by atoms with Gasteiger partial charge in [-0.1, -0.05) is 0 Å². The predicted molar refractivity (Wildman–Crippen MR) is 62.1 cm³/mol. The number of aryl methyl sites for hydroxylation is 1. The number of rotatable bonds is 1. The first kappa shape index (κ1) is 9.60. The van der Waals surface area contributed by atoms with Crippen LogP contribution in [0.4, 0.5) is 0 Å². The monoisotopic (exact) mass is 221 g/mol. The van der Waals surface area contributed by atoms with Gasteiger partial charge < -0.3 is 5.32 Å². The van der Waals surface area contributed by atoms with Crippen LogP contribution in [0.3, 0.4) is 0 Å². The van der Waals surface area contributed by atoms with Crippen molar-refractivity contribution in [2.75, 3.05) is 18.8 Å². The van der Waals surface area contributed by atoms with E-state index in [9.17, 15) is 0 Å². The van der Waals surface area contributed by atoms with Crippen LogP contribution in [0.15, 0.2) is 6.20 Å². The van der Waals surface area contributed by atoms with E-state index in [1.54, 1.807) is 0 Å². The SMILES string of the molecule is c1nc(C2CCNC2)nc2c1CCSC2. The zero-order valence-corrected chi connectivity index (χ0v) is 9.52. The molecule has 1 unspecified atom stereocenters. The van der Waals surface area contributed by atoms with Gasteiger partial charge in [0.05, 0.1) is 5.69 Å². The van der Waals surface area contributed by atoms with Crippen molar-refractivity contribution in [2.24, 2.45) is 0 Å². The zero-order valence-electron chi connectivity index (χ0n) is 8.70. The summed E-state index contributed by atoms with van der Waals surface area (Å²) >= 11 is 1.98. The Kier molecular flexibility index (Phi) is 2.63. The van der Waals surface area contributed by atoms with Crippen molar-refractivity contribution in [1.82, 2.24) is 15.3 Å². The molecule has 3 nitrogen and oxygen atoms in total. The van der Waals surface area contributed by atoms with Crippen molar-refractivity contribution in [2.45, 2.75) is 24.5 Å². The lowest BCUT2D eigenvalue weighted by Crippen LogP contribution is -2.13. The van der Waals surface area contributed by atoms with Gasteiger partial charge in [-0.2, -0.15) is 11.8 Å². The third-order valence-corrected chi connectivity index (χ3v) is 4.12. The summed E-state index contributed by atoms with van der Waals surface area (Å²) in [6.07, 6.45) is 4.38. The van der Waals surface area contributed by atoms with E-state index in [-0.39, 0.29) is 0 Å². The molecular weight excluding hydrogens is 206 g/mol. The molecule has 1 aromatic rings. The normalized spacial score (nSPS) is 25.2. The standard InChI is InChI=1S/C11H15N3S/c1-3-12-5-9(1)11-13-6-8-2-4-15-7-10(8)14-11/h6,9,12H,1-5,7H2. The number of aromatic nitrogens is 2. The van der Waals surface area contributed by atoms with Gasteiger partial charge >= 0.3 is 0 Å². The van der Waals surface area contributed by atoms with Gasteiger partial charge in [-0.05, 0) is 30.7 Å². The van der Waals surface area contributed by atoms with Gasteiger partial charge in [0.2, 0.25) is 0 Å². The molecule has 0 spiro atoms. The molecule has 15 heavy (non-hydrogen) atoms. The van der Waals surface area contributed by atoms with Crippen molar-refractivity contribution in [1.29, 1.82) is 0 Å². The molecular formula is C11H15N3S. The Morgan fingerprint density at radius 2 is 2.47 bits per heavy atom. The van der Waals surface area contributed by atoms with Crippen LogP contribution in [0.25, 0.3) is 0 Å². The molecule has 3 heterocycles. The van der Waals surface area contributed by atoms with Crippen molar-refractivity contribution >= 4 is 11.8 Å². The minimum absolute atomic E-state index is 0.544. The Morgan fingerprint density at radius 1 is 1.47 bits per heavy atom. The number of fused-ring (bicyclic) bond motifs is 1. The number of nitrogens with one attached hydrogen (secondary N) is 1. The van der Waals surface area contributed by atoms with E-state index in [1.807, 2.05) is 11.8 Å². The average Bonchev–Trinajstić information content (AvgIpc) is 2.82. The van der Waals surface area contributed by atoms with Gasteiger partial charge in [-0.25, -0.2) is 9.97 Å². The fourth-order valence-electron chi connectivity index (χ4n) is 2.21. The van der Waals surface area contributed by atoms with Crippen LogP contribution in [-0.4, -0.2) is 28.8 Å². The molecule has 0 amide bonds. The van der Waals surface area contributed by atoms with Crippen molar-refractivity contribution in [3.63, 3.8) is 0 Å². The molecule has 1 atom stereocenters. The maximum Gasteiger partial charge on any atom is 0.132 e. The molecule has 2 aliphatic heterocycles. The summed E-state index contributed by atoms with van der Waals surface area (Å²) in [6, 6.07) is 0. The van der Waals surface area contributed by atoms with Crippen LogP contribution in [-0.2, 0) is 12.2 Å². The first-order valence-corrected chi connectivity index (χ1v) is 6.72. The molecule has 4 heteroatoms. The number of hydrogen-bond donors (Lipinski definition) is 1. The highest BCUT2D eigenvalue weighted by Crippen LogP contribution is 2.25. The lowest BCUT2D eigenvalue weighted by Gasteiger charge is -2.16. The Bertz CT molecular complexity index is 361. The first-order chi connectivity index (χ1) is 7.43. The van der Waals surface area contributed by atoms with Gasteiger partial charge in [0, 0.05) is 24.4 Å². The summed E-state index contributed by atoms with van der Waals surface area (Å²) in [6.45, 7) is 2.16. The fourth-order valence-corrected chi connectivity index (χ4v) is 3.17. The minimum Gasteiger partial charge on any atom is -0.316 e. The van der Waals surface area contributed by atoms with E-state index in [2.05, 4.69) is 16.5 Å². The summed E-state index contributed by atoms with van der Waals surface area (Å²) in [5.41, 5.74) is 2.65. The first-order valence-electron chi connectivity index (χ1n) is 5.56. The molecule has 0 bridgehead atoms. The van der Waals surface area contributed by atoms with Crippen LogP contribution >= 0.6 is 11.8 Å². The highest BCUT2D eigenvalue weighted by atomic mass is 32.2.